The first-order valence-corrected chi connectivity index (χ1v) is 7.99. The molecule has 0 aromatic heterocycles. The molecule has 2 aromatic carbocycles. The second-order valence-corrected chi connectivity index (χ2v) is 6.48. The molecular formula is C14H11F3N2O4S. The molecule has 0 aliphatic heterocycles. The topological polar surface area (TPSA) is 89.3 Å². The lowest BCUT2D eigenvalue weighted by molar-refractivity contribution is -0.387. The summed E-state index contributed by atoms with van der Waals surface area (Å²) in [5.41, 5.74) is -1.45. The third-order valence-corrected chi connectivity index (χ3v) is 4.52. The summed E-state index contributed by atoms with van der Waals surface area (Å²) >= 11 is 0. The Morgan fingerprint density at radius 2 is 1.75 bits per heavy atom. The number of sulfonamides is 1. The molecule has 0 aliphatic rings. The number of rotatable bonds is 5. The highest BCUT2D eigenvalue weighted by Crippen LogP contribution is 2.29. The van der Waals surface area contributed by atoms with Crippen molar-refractivity contribution < 1.29 is 26.5 Å². The Labute approximate surface area is 135 Å². The number of nitro benzene ring substituents is 1. The number of benzene rings is 2. The molecule has 0 saturated carbocycles. The van der Waals surface area contributed by atoms with Crippen LogP contribution in [-0.2, 0) is 22.7 Å². The van der Waals surface area contributed by atoms with Gasteiger partial charge in [0, 0.05) is 12.6 Å². The largest absolute Gasteiger partial charge is 0.416 e. The third kappa shape index (κ3) is 4.09. The van der Waals surface area contributed by atoms with Gasteiger partial charge < -0.3 is 0 Å². The lowest BCUT2D eigenvalue weighted by Crippen LogP contribution is -2.24. The maximum absolute atomic E-state index is 12.6. The SMILES string of the molecule is O=[N+]([O-])c1ccccc1S(=O)(=O)NCc1cccc(C(F)(F)F)c1. The van der Waals surface area contributed by atoms with Gasteiger partial charge in [0.2, 0.25) is 10.0 Å². The van der Waals surface area contributed by atoms with Crippen LogP contribution in [0.4, 0.5) is 18.9 Å². The van der Waals surface area contributed by atoms with Crippen molar-refractivity contribution in [2.24, 2.45) is 0 Å². The van der Waals surface area contributed by atoms with Gasteiger partial charge in [-0.25, -0.2) is 13.1 Å². The van der Waals surface area contributed by atoms with Gasteiger partial charge in [-0.3, -0.25) is 10.1 Å². The molecule has 0 fully saturated rings. The zero-order chi connectivity index (χ0) is 18.0. The maximum Gasteiger partial charge on any atom is 0.416 e. The molecule has 1 N–H and O–H groups in total. The molecule has 0 unspecified atom stereocenters. The van der Waals surface area contributed by atoms with Gasteiger partial charge in [-0.05, 0) is 17.7 Å². The van der Waals surface area contributed by atoms with Crippen LogP contribution in [0.1, 0.15) is 11.1 Å². The van der Waals surface area contributed by atoms with Crippen LogP contribution in [0.5, 0.6) is 0 Å². The monoisotopic (exact) mass is 360 g/mol. The quantitative estimate of drug-likeness (QED) is 0.655. The Bertz CT molecular complexity index is 866. The molecule has 128 valence electrons. The molecule has 0 saturated heterocycles. The fourth-order valence-electron chi connectivity index (χ4n) is 1.95. The van der Waals surface area contributed by atoms with Gasteiger partial charge in [-0.15, -0.1) is 0 Å². The van der Waals surface area contributed by atoms with Crippen molar-refractivity contribution in [3.05, 3.63) is 69.8 Å². The normalized spacial score (nSPS) is 12.1. The van der Waals surface area contributed by atoms with Gasteiger partial charge in [0.25, 0.3) is 5.69 Å². The van der Waals surface area contributed by atoms with E-state index in [4.69, 9.17) is 0 Å². The molecule has 0 amide bonds. The predicted octanol–water partition coefficient (Wildman–Crippen LogP) is 3.09. The molecule has 0 atom stereocenters. The van der Waals surface area contributed by atoms with Crippen molar-refractivity contribution >= 4 is 15.7 Å². The van der Waals surface area contributed by atoms with Crippen molar-refractivity contribution in [1.82, 2.24) is 4.72 Å². The maximum atomic E-state index is 12.6. The molecule has 0 heterocycles. The van der Waals surface area contributed by atoms with Crippen molar-refractivity contribution in [2.45, 2.75) is 17.6 Å². The number of hydrogen-bond donors (Lipinski definition) is 1. The van der Waals surface area contributed by atoms with Crippen molar-refractivity contribution in [2.75, 3.05) is 0 Å². The average molecular weight is 360 g/mol. The van der Waals surface area contributed by atoms with E-state index in [1.807, 2.05) is 0 Å². The minimum absolute atomic E-state index is 0.0759. The molecule has 2 rings (SSSR count). The van der Waals surface area contributed by atoms with E-state index in [9.17, 15) is 31.7 Å². The van der Waals surface area contributed by atoms with Gasteiger partial charge in [-0.2, -0.15) is 13.2 Å². The minimum atomic E-state index is -4.55. The summed E-state index contributed by atoms with van der Waals surface area (Å²) in [6.45, 7) is -0.432. The molecule has 0 radical (unpaired) electrons. The lowest BCUT2D eigenvalue weighted by atomic mass is 10.1. The highest BCUT2D eigenvalue weighted by atomic mass is 32.2. The van der Waals surface area contributed by atoms with E-state index in [1.54, 1.807) is 0 Å². The summed E-state index contributed by atoms with van der Waals surface area (Å²) in [5, 5.41) is 10.9. The first-order chi connectivity index (χ1) is 11.1. The summed E-state index contributed by atoms with van der Waals surface area (Å²) in [6.07, 6.45) is -4.55. The third-order valence-electron chi connectivity index (χ3n) is 3.07. The molecule has 0 aliphatic carbocycles. The second-order valence-electron chi connectivity index (χ2n) is 4.75. The summed E-state index contributed by atoms with van der Waals surface area (Å²) in [6, 6.07) is 8.83. The van der Waals surface area contributed by atoms with Crippen molar-refractivity contribution in [3.8, 4) is 0 Å². The fourth-order valence-corrected chi connectivity index (χ4v) is 3.14. The van der Waals surface area contributed by atoms with Crippen LogP contribution >= 0.6 is 0 Å². The smallest absolute Gasteiger partial charge is 0.258 e. The number of nitrogens with one attached hydrogen (secondary N) is 1. The van der Waals surface area contributed by atoms with Crippen molar-refractivity contribution in [1.29, 1.82) is 0 Å². The summed E-state index contributed by atoms with van der Waals surface area (Å²) in [5.74, 6) is 0. The Morgan fingerprint density at radius 1 is 1.08 bits per heavy atom. The molecular weight excluding hydrogens is 349 g/mol. The number of alkyl halides is 3. The number of hydrogen-bond acceptors (Lipinski definition) is 4. The zero-order valence-corrected chi connectivity index (χ0v) is 12.8. The number of nitro groups is 1. The molecule has 2 aromatic rings. The van der Waals surface area contributed by atoms with E-state index in [0.717, 1.165) is 30.3 Å². The number of para-hydroxylation sites is 1. The van der Waals surface area contributed by atoms with Crippen molar-refractivity contribution in [3.63, 3.8) is 0 Å². The van der Waals surface area contributed by atoms with Crippen LogP contribution in [0.2, 0.25) is 0 Å². The molecule has 6 nitrogen and oxygen atoms in total. The van der Waals surface area contributed by atoms with E-state index in [-0.39, 0.29) is 5.56 Å². The van der Waals surface area contributed by atoms with E-state index < -0.39 is 43.8 Å². The van der Waals surface area contributed by atoms with Crippen LogP contribution in [0.15, 0.2) is 53.4 Å². The summed E-state index contributed by atoms with van der Waals surface area (Å²) in [7, 11) is -4.26. The van der Waals surface area contributed by atoms with Gasteiger partial charge in [0.15, 0.2) is 4.90 Å². The standard InChI is InChI=1S/C14H11F3N2O4S/c15-14(16,17)11-5-3-4-10(8-11)9-18-24(22,23)13-7-2-1-6-12(13)19(20)21/h1-8,18H,9H2. The number of nitrogens with zero attached hydrogens (tertiary/aromatic N) is 1. The molecule has 24 heavy (non-hydrogen) atoms. The molecule has 0 bridgehead atoms. The fraction of sp³-hybridized carbons (Fsp3) is 0.143. The molecule has 0 spiro atoms. The molecule has 10 heteroatoms. The highest BCUT2D eigenvalue weighted by Gasteiger charge is 2.30. The Balaban J connectivity index is 2.25. The first-order valence-electron chi connectivity index (χ1n) is 6.50. The Morgan fingerprint density at radius 3 is 2.38 bits per heavy atom. The van der Waals surface area contributed by atoms with Gasteiger partial charge in [0.1, 0.15) is 0 Å². The summed E-state index contributed by atoms with van der Waals surface area (Å²) in [4.78, 5) is 9.48. The van der Waals surface area contributed by atoms with Crippen LogP contribution < -0.4 is 4.72 Å². The van der Waals surface area contributed by atoms with Gasteiger partial charge in [0.05, 0.1) is 10.5 Å². The van der Waals surface area contributed by atoms with E-state index in [1.165, 1.54) is 18.2 Å². The van der Waals surface area contributed by atoms with Gasteiger partial charge >= 0.3 is 6.18 Å². The van der Waals surface area contributed by atoms with Gasteiger partial charge in [-0.1, -0.05) is 30.3 Å². The minimum Gasteiger partial charge on any atom is -0.258 e. The second kappa shape index (κ2) is 6.57. The Hall–Kier alpha value is -2.46. The predicted molar refractivity (Wildman–Crippen MR) is 78.6 cm³/mol. The van der Waals surface area contributed by atoms with Crippen LogP contribution in [-0.4, -0.2) is 13.3 Å². The number of halogens is 3. The first kappa shape index (κ1) is 17.9. The van der Waals surface area contributed by atoms with E-state index in [2.05, 4.69) is 4.72 Å². The zero-order valence-electron chi connectivity index (χ0n) is 11.9. The Kier molecular flexibility index (Phi) is 4.90. The van der Waals surface area contributed by atoms with E-state index in [0.29, 0.717) is 0 Å². The van der Waals surface area contributed by atoms with Crippen LogP contribution in [0.25, 0.3) is 0 Å². The van der Waals surface area contributed by atoms with Crippen LogP contribution in [0.3, 0.4) is 0 Å². The summed E-state index contributed by atoms with van der Waals surface area (Å²) < 4.78 is 64.3. The lowest BCUT2D eigenvalue weighted by Gasteiger charge is -2.10. The van der Waals surface area contributed by atoms with E-state index >= 15 is 0 Å². The highest BCUT2D eigenvalue weighted by molar-refractivity contribution is 7.89. The van der Waals surface area contributed by atoms with Crippen LogP contribution in [0, 0.1) is 10.1 Å². The average Bonchev–Trinajstić information content (AvgIpc) is 2.52.